The number of aryl methyl sites for hydroxylation is 2. The quantitative estimate of drug-likeness (QED) is 0.754. The van der Waals surface area contributed by atoms with E-state index in [1.807, 2.05) is 0 Å². The average Bonchev–Trinajstić information content (AvgIpc) is 3.15. The predicted molar refractivity (Wildman–Crippen MR) is 97.1 cm³/mol. The van der Waals surface area contributed by atoms with Gasteiger partial charge < -0.3 is 4.98 Å². The summed E-state index contributed by atoms with van der Waals surface area (Å²) in [7, 11) is 0. The Morgan fingerprint density at radius 2 is 2.12 bits per heavy atom. The molecule has 0 bridgehead atoms. The van der Waals surface area contributed by atoms with Crippen LogP contribution in [0.4, 0.5) is 0 Å². The first-order valence-electron chi connectivity index (χ1n) is 7.58. The minimum Gasteiger partial charge on any atom is -0.305 e. The van der Waals surface area contributed by atoms with Crippen LogP contribution in [0.2, 0.25) is 0 Å². The van der Waals surface area contributed by atoms with Crippen LogP contribution in [0.3, 0.4) is 0 Å². The van der Waals surface area contributed by atoms with Crippen LogP contribution in [0, 0.1) is 11.3 Å². The van der Waals surface area contributed by atoms with Crippen LogP contribution in [0.5, 0.6) is 0 Å². The third-order valence-electron chi connectivity index (χ3n) is 4.13. The van der Waals surface area contributed by atoms with E-state index in [4.69, 9.17) is 16.9 Å². The molecule has 0 spiro atoms. The zero-order chi connectivity index (χ0) is 16.7. The fourth-order valence-corrected chi connectivity index (χ4v) is 4.46. The van der Waals surface area contributed by atoms with Crippen LogP contribution in [0.25, 0.3) is 21.3 Å². The molecule has 0 unspecified atom stereocenters. The summed E-state index contributed by atoms with van der Waals surface area (Å²) in [5.74, 6) is 0.374. The second-order valence-corrected chi connectivity index (χ2v) is 7.17. The van der Waals surface area contributed by atoms with Gasteiger partial charge in [-0.05, 0) is 48.6 Å². The Kier molecular flexibility index (Phi) is 3.72. The summed E-state index contributed by atoms with van der Waals surface area (Å²) in [6.07, 6.45) is 4.82. The van der Waals surface area contributed by atoms with E-state index in [0.717, 1.165) is 40.6 Å². The van der Waals surface area contributed by atoms with E-state index in [1.165, 1.54) is 4.88 Å². The molecule has 2 heterocycles. The normalized spacial score (nSPS) is 13.9. The summed E-state index contributed by atoms with van der Waals surface area (Å²) in [6, 6.07) is 9.12. The molecule has 3 aromatic rings. The topological polar surface area (TPSA) is 69.5 Å². The minimum atomic E-state index is -0.124. The zero-order valence-electron chi connectivity index (χ0n) is 12.6. The zero-order valence-corrected chi connectivity index (χ0v) is 14.2. The Labute approximate surface area is 147 Å². The molecular formula is C18H12ClN3OS. The second-order valence-electron chi connectivity index (χ2n) is 5.68. The monoisotopic (exact) mass is 353 g/mol. The molecular weight excluding hydrogens is 342 g/mol. The summed E-state index contributed by atoms with van der Waals surface area (Å²) < 4.78 is 0. The first-order chi connectivity index (χ1) is 11.7. The van der Waals surface area contributed by atoms with Gasteiger partial charge in [0, 0.05) is 4.88 Å². The van der Waals surface area contributed by atoms with E-state index in [-0.39, 0.29) is 5.56 Å². The maximum Gasteiger partial charge on any atom is 0.260 e. The highest BCUT2D eigenvalue weighted by molar-refractivity contribution is 7.18. The fraction of sp³-hybridized carbons (Fsp3) is 0.167. The number of benzene rings is 1. The van der Waals surface area contributed by atoms with Crippen LogP contribution >= 0.6 is 22.9 Å². The van der Waals surface area contributed by atoms with E-state index in [0.29, 0.717) is 16.4 Å². The van der Waals surface area contributed by atoms with Crippen LogP contribution in [-0.4, -0.2) is 9.97 Å². The molecule has 1 N–H and O–H groups in total. The summed E-state index contributed by atoms with van der Waals surface area (Å²) in [5.41, 5.74) is 2.46. The van der Waals surface area contributed by atoms with Crippen molar-refractivity contribution in [1.29, 1.82) is 5.26 Å². The van der Waals surface area contributed by atoms with E-state index in [9.17, 15) is 4.79 Å². The molecule has 0 atom stereocenters. The minimum absolute atomic E-state index is 0.124. The highest BCUT2D eigenvalue weighted by Crippen LogP contribution is 2.35. The van der Waals surface area contributed by atoms with Crippen molar-refractivity contribution in [3.63, 3.8) is 0 Å². The Hall–Kier alpha value is -2.42. The number of halogens is 1. The number of hydrogen-bond acceptors (Lipinski definition) is 4. The van der Waals surface area contributed by atoms with Crippen molar-refractivity contribution >= 4 is 44.3 Å². The number of nitrogens with one attached hydrogen (secondary N) is 1. The molecule has 6 heteroatoms. The lowest BCUT2D eigenvalue weighted by atomic mass is 10.1. The van der Waals surface area contributed by atoms with E-state index in [1.54, 1.807) is 41.7 Å². The molecule has 4 rings (SSSR count). The highest BCUT2D eigenvalue weighted by Gasteiger charge is 2.21. The van der Waals surface area contributed by atoms with Gasteiger partial charge in [0.15, 0.2) is 5.82 Å². The molecule has 4 nitrogen and oxygen atoms in total. The van der Waals surface area contributed by atoms with Crippen LogP contribution in [0.15, 0.2) is 29.1 Å². The molecule has 1 aliphatic carbocycles. The molecule has 0 radical (unpaired) electrons. The highest BCUT2D eigenvalue weighted by atomic mass is 35.5. The Morgan fingerprint density at radius 1 is 1.33 bits per heavy atom. The van der Waals surface area contributed by atoms with Crippen LogP contribution in [0.1, 0.15) is 33.8 Å². The molecule has 0 saturated heterocycles. The number of fused-ring (bicyclic) bond motifs is 3. The molecule has 2 aromatic heterocycles. The number of rotatable bonds is 2. The summed E-state index contributed by atoms with van der Waals surface area (Å²) in [6.45, 7) is 0. The van der Waals surface area contributed by atoms with Crippen molar-refractivity contribution in [2.75, 3.05) is 0 Å². The summed E-state index contributed by atoms with van der Waals surface area (Å²) in [5, 5.41) is 9.92. The summed E-state index contributed by atoms with van der Waals surface area (Å²) >= 11 is 7.94. The third-order valence-corrected chi connectivity index (χ3v) is 5.61. The molecule has 0 aliphatic heterocycles. The van der Waals surface area contributed by atoms with E-state index in [2.05, 4.69) is 16.0 Å². The van der Waals surface area contributed by atoms with Gasteiger partial charge in [0.25, 0.3) is 5.56 Å². The molecule has 118 valence electrons. The number of H-pyrrole nitrogens is 1. The lowest BCUT2D eigenvalue weighted by Crippen LogP contribution is -2.10. The van der Waals surface area contributed by atoms with Crippen LogP contribution in [-0.2, 0) is 12.8 Å². The van der Waals surface area contributed by atoms with Gasteiger partial charge in [0.2, 0.25) is 0 Å². The number of nitrogens with zero attached hydrogens (tertiary/aromatic N) is 2. The lowest BCUT2D eigenvalue weighted by Gasteiger charge is -2.01. The van der Waals surface area contributed by atoms with Crippen molar-refractivity contribution in [1.82, 2.24) is 9.97 Å². The van der Waals surface area contributed by atoms with Crippen molar-refractivity contribution < 1.29 is 0 Å². The first-order valence-corrected chi connectivity index (χ1v) is 8.77. The maximum atomic E-state index is 12.4. The first kappa shape index (κ1) is 15.1. The van der Waals surface area contributed by atoms with Crippen molar-refractivity contribution in [3.05, 3.63) is 62.0 Å². The van der Waals surface area contributed by atoms with Crippen LogP contribution < -0.4 is 5.56 Å². The van der Waals surface area contributed by atoms with Gasteiger partial charge in [-0.15, -0.1) is 11.3 Å². The predicted octanol–water partition coefficient (Wildman–Crippen LogP) is 4.08. The summed E-state index contributed by atoms with van der Waals surface area (Å²) in [4.78, 5) is 21.8. The molecule has 0 saturated carbocycles. The molecule has 24 heavy (non-hydrogen) atoms. The number of hydrogen-bond donors (Lipinski definition) is 1. The van der Waals surface area contributed by atoms with Crippen molar-refractivity contribution in [2.45, 2.75) is 19.3 Å². The smallest absolute Gasteiger partial charge is 0.260 e. The molecule has 1 aliphatic rings. The third kappa shape index (κ3) is 2.54. The van der Waals surface area contributed by atoms with Crippen molar-refractivity contribution in [2.24, 2.45) is 0 Å². The molecule has 1 aromatic carbocycles. The lowest BCUT2D eigenvalue weighted by molar-refractivity contribution is 0.916. The number of thiophene rings is 1. The number of nitriles is 1. The van der Waals surface area contributed by atoms with Gasteiger partial charge in [0.1, 0.15) is 4.83 Å². The SMILES string of the molecule is N#Cc1ccc(/C=C(\Cl)c2nc3sc4c(c3c(=O)[nH]2)CCC4)cc1. The molecule has 0 fully saturated rings. The molecule has 0 amide bonds. The van der Waals surface area contributed by atoms with Gasteiger partial charge in [-0.25, -0.2) is 4.98 Å². The van der Waals surface area contributed by atoms with E-state index < -0.39 is 0 Å². The van der Waals surface area contributed by atoms with Crippen molar-refractivity contribution in [3.8, 4) is 6.07 Å². The van der Waals surface area contributed by atoms with E-state index >= 15 is 0 Å². The van der Waals surface area contributed by atoms with Gasteiger partial charge in [-0.1, -0.05) is 23.7 Å². The van der Waals surface area contributed by atoms with Gasteiger partial charge >= 0.3 is 0 Å². The fourth-order valence-electron chi connectivity index (χ4n) is 2.98. The standard InChI is InChI=1S/C18H12ClN3OS/c19-13(8-10-4-6-11(9-20)7-5-10)16-21-17(23)15-12-2-1-3-14(12)24-18(15)22-16/h4-8H,1-3H2,(H,21,22,23)/b13-8-. The Balaban J connectivity index is 1.77. The largest absolute Gasteiger partial charge is 0.305 e. The van der Waals surface area contributed by atoms with Gasteiger partial charge in [0.05, 0.1) is 22.1 Å². The maximum absolute atomic E-state index is 12.4. The van der Waals surface area contributed by atoms with Gasteiger partial charge in [-0.2, -0.15) is 5.26 Å². The average molecular weight is 354 g/mol. The Bertz CT molecular complexity index is 1070. The van der Waals surface area contributed by atoms with Gasteiger partial charge in [-0.3, -0.25) is 4.79 Å². The number of aromatic amines is 1. The Morgan fingerprint density at radius 3 is 2.88 bits per heavy atom. The second kappa shape index (κ2) is 5.90. The number of aromatic nitrogens is 2.